The Morgan fingerprint density at radius 3 is 2.81 bits per heavy atom. The predicted octanol–water partition coefficient (Wildman–Crippen LogP) is 2.57. The van der Waals surface area contributed by atoms with Gasteiger partial charge in [-0.05, 0) is 51.3 Å². The Morgan fingerprint density at radius 1 is 1.29 bits per heavy atom. The molecule has 1 aromatic carbocycles. The van der Waals surface area contributed by atoms with Crippen LogP contribution in [0.1, 0.15) is 38.4 Å². The molecule has 0 aliphatic carbocycles. The lowest BCUT2D eigenvalue weighted by Crippen LogP contribution is -2.29. The second kappa shape index (κ2) is 5.06. The predicted molar refractivity (Wildman–Crippen MR) is 85.2 cm³/mol. The number of hydrogen-bond donors (Lipinski definition) is 1. The first kappa shape index (κ1) is 13.9. The molecule has 2 aromatic rings. The van der Waals surface area contributed by atoms with Crippen LogP contribution in [0.15, 0.2) is 24.4 Å². The average molecular weight is 285 g/mol. The lowest BCUT2D eigenvalue weighted by molar-refractivity contribution is 0.347. The van der Waals surface area contributed by atoms with Gasteiger partial charge in [0.1, 0.15) is 5.69 Å². The Balaban J connectivity index is 1.84. The molecule has 0 fully saturated rings. The van der Waals surface area contributed by atoms with E-state index in [1.807, 2.05) is 23.0 Å². The fourth-order valence-electron chi connectivity index (χ4n) is 2.79. The van der Waals surface area contributed by atoms with Gasteiger partial charge in [-0.3, -0.25) is 0 Å². The third kappa shape index (κ3) is 2.73. The first-order valence-electron chi connectivity index (χ1n) is 7.49. The van der Waals surface area contributed by atoms with E-state index in [-0.39, 0.29) is 5.54 Å². The Morgan fingerprint density at radius 2 is 2.10 bits per heavy atom. The SMILES string of the molecule is CC(C)(C)n1cc(CN2CCCc3c(N)cccc32)nn1. The average Bonchev–Trinajstić information content (AvgIpc) is 2.89. The first-order chi connectivity index (χ1) is 9.95. The largest absolute Gasteiger partial charge is 0.398 e. The van der Waals surface area contributed by atoms with E-state index in [0.717, 1.165) is 37.3 Å². The van der Waals surface area contributed by atoms with Gasteiger partial charge in [-0.25, -0.2) is 4.68 Å². The first-order valence-corrected chi connectivity index (χ1v) is 7.49. The molecule has 0 unspecified atom stereocenters. The molecule has 2 heterocycles. The number of benzene rings is 1. The summed E-state index contributed by atoms with van der Waals surface area (Å²) in [6.07, 6.45) is 4.24. The van der Waals surface area contributed by atoms with Crippen LogP contribution in [-0.4, -0.2) is 21.5 Å². The van der Waals surface area contributed by atoms with Crippen LogP contribution < -0.4 is 10.6 Å². The highest BCUT2D eigenvalue weighted by atomic mass is 15.4. The van der Waals surface area contributed by atoms with Crippen molar-refractivity contribution in [2.75, 3.05) is 17.2 Å². The van der Waals surface area contributed by atoms with Gasteiger partial charge in [0.2, 0.25) is 0 Å². The molecule has 1 aliphatic heterocycles. The number of nitrogens with two attached hydrogens (primary N) is 1. The third-order valence-corrected chi connectivity index (χ3v) is 3.96. The van der Waals surface area contributed by atoms with Crippen molar-refractivity contribution in [3.8, 4) is 0 Å². The van der Waals surface area contributed by atoms with E-state index < -0.39 is 0 Å². The van der Waals surface area contributed by atoms with Gasteiger partial charge < -0.3 is 10.6 Å². The fraction of sp³-hybridized carbons (Fsp3) is 0.500. The standard InChI is InChI=1S/C16H23N5/c1-16(2,3)21-11-12(18-19-21)10-20-9-5-6-13-14(17)7-4-8-15(13)20/h4,7-8,11H,5-6,9-10,17H2,1-3H3. The minimum absolute atomic E-state index is 0.0323. The van der Waals surface area contributed by atoms with Crippen molar-refractivity contribution in [1.29, 1.82) is 0 Å². The van der Waals surface area contributed by atoms with Crippen molar-refractivity contribution in [2.24, 2.45) is 0 Å². The Bertz CT molecular complexity index is 638. The molecule has 0 amide bonds. The van der Waals surface area contributed by atoms with Gasteiger partial charge in [-0.2, -0.15) is 0 Å². The lowest BCUT2D eigenvalue weighted by atomic mass is 10.00. The highest BCUT2D eigenvalue weighted by molar-refractivity contribution is 5.66. The second-order valence-electron chi connectivity index (χ2n) is 6.70. The van der Waals surface area contributed by atoms with E-state index in [4.69, 9.17) is 5.73 Å². The molecule has 5 heteroatoms. The molecule has 0 spiro atoms. The zero-order valence-electron chi connectivity index (χ0n) is 13.0. The summed E-state index contributed by atoms with van der Waals surface area (Å²) < 4.78 is 1.92. The quantitative estimate of drug-likeness (QED) is 0.862. The van der Waals surface area contributed by atoms with Crippen LogP contribution in [0.25, 0.3) is 0 Å². The topological polar surface area (TPSA) is 60.0 Å². The van der Waals surface area contributed by atoms with E-state index in [2.05, 4.69) is 42.0 Å². The summed E-state index contributed by atoms with van der Waals surface area (Å²) in [7, 11) is 0. The van der Waals surface area contributed by atoms with Gasteiger partial charge in [0.15, 0.2) is 0 Å². The summed E-state index contributed by atoms with van der Waals surface area (Å²) in [5, 5.41) is 8.55. The summed E-state index contributed by atoms with van der Waals surface area (Å²) in [6, 6.07) is 6.16. The van der Waals surface area contributed by atoms with Gasteiger partial charge in [0.05, 0.1) is 18.3 Å². The van der Waals surface area contributed by atoms with E-state index in [0.29, 0.717) is 0 Å². The third-order valence-electron chi connectivity index (χ3n) is 3.96. The molecular formula is C16H23N5. The maximum Gasteiger partial charge on any atom is 0.102 e. The molecule has 5 nitrogen and oxygen atoms in total. The molecule has 1 aromatic heterocycles. The number of nitrogen functional groups attached to an aromatic ring is 1. The molecular weight excluding hydrogens is 262 g/mol. The van der Waals surface area contributed by atoms with Crippen molar-refractivity contribution in [2.45, 2.75) is 45.7 Å². The van der Waals surface area contributed by atoms with E-state index >= 15 is 0 Å². The van der Waals surface area contributed by atoms with Crippen molar-refractivity contribution in [3.05, 3.63) is 35.7 Å². The highest BCUT2D eigenvalue weighted by Crippen LogP contribution is 2.32. The molecule has 0 atom stereocenters. The summed E-state index contributed by atoms with van der Waals surface area (Å²) in [4.78, 5) is 2.35. The Kier molecular flexibility index (Phi) is 3.35. The molecule has 0 bridgehead atoms. The number of aromatic nitrogens is 3. The highest BCUT2D eigenvalue weighted by Gasteiger charge is 2.21. The van der Waals surface area contributed by atoms with E-state index in [1.165, 1.54) is 11.3 Å². The molecule has 112 valence electrons. The van der Waals surface area contributed by atoms with Crippen LogP contribution in [-0.2, 0) is 18.5 Å². The van der Waals surface area contributed by atoms with Crippen LogP contribution in [0.2, 0.25) is 0 Å². The number of rotatable bonds is 2. The molecule has 0 radical (unpaired) electrons. The van der Waals surface area contributed by atoms with E-state index in [1.54, 1.807) is 0 Å². The summed E-state index contributed by atoms with van der Waals surface area (Å²) >= 11 is 0. The number of anilines is 2. The molecule has 21 heavy (non-hydrogen) atoms. The minimum atomic E-state index is -0.0323. The van der Waals surface area contributed by atoms with Gasteiger partial charge >= 0.3 is 0 Å². The van der Waals surface area contributed by atoms with Gasteiger partial charge in [0.25, 0.3) is 0 Å². The van der Waals surface area contributed by atoms with Crippen LogP contribution in [0.3, 0.4) is 0 Å². The normalized spacial score (nSPS) is 15.1. The summed E-state index contributed by atoms with van der Waals surface area (Å²) in [5.41, 5.74) is 10.5. The molecule has 0 saturated heterocycles. The molecule has 1 aliphatic rings. The van der Waals surface area contributed by atoms with E-state index in [9.17, 15) is 0 Å². The summed E-state index contributed by atoms with van der Waals surface area (Å²) in [6.45, 7) is 8.21. The number of fused-ring (bicyclic) bond motifs is 1. The van der Waals surface area contributed by atoms with Crippen molar-refractivity contribution < 1.29 is 0 Å². The van der Waals surface area contributed by atoms with Crippen LogP contribution in [0, 0.1) is 0 Å². The lowest BCUT2D eigenvalue weighted by Gasteiger charge is -2.31. The van der Waals surface area contributed by atoms with Gasteiger partial charge in [0, 0.05) is 17.9 Å². The zero-order chi connectivity index (χ0) is 15.0. The Labute approximate surface area is 125 Å². The van der Waals surface area contributed by atoms with Gasteiger partial charge in [-0.15, -0.1) is 5.10 Å². The number of nitrogens with zero attached hydrogens (tertiary/aromatic N) is 4. The van der Waals surface area contributed by atoms with Crippen LogP contribution in [0.4, 0.5) is 11.4 Å². The smallest absolute Gasteiger partial charge is 0.102 e. The van der Waals surface area contributed by atoms with Crippen molar-refractivity contribution in [1.82, 2.24) is 15.0 Å². The minimum Gasteiger partial charge on any atom is -0.398 e. The molecule has 3 rings (SSSR count). The fourth-order valence-corrected chi connectivity index (χ4v) is 2.79. The maximum atomic E-state index is 6.10. The molecule has 0 saturated carbocycles. The van der Waals surface area contributed by atoms with Crippen molar-refractivity contribution >= 4 is 11.4 Å². The zero-order valence-corrected chi connectivity index (χ0v) is 13.0. The second-order valence-corrected chi connectivity index (χ2v) is 6.70. The Hall–Kier alpha value is -2.04. The van der Waals surface area contributed by atoms with Crippen molar-refractivity contribution in [3.63, 3.8) is 0 Å². The monoisotopic (exact) mass is 285 g/mol. The van der Waals surface area contributed by atoms with Crippen LogP contribution in [0.5, 0.6) is 0 Å². The number of hydrogen-bond acceptors (Lipinski definition) is 4. The summed E-state index contributed by atoms with van der Waals surface area (Å²) in [5.74, 6) is 0. The van der Waals surface area contributed by atoms with Crippen LogP contribution >= 0.6 is 0 Å². The maximum absolute atomic E-state index is 6.10. The van der Waals surface area contributed by atoms with Gasteiger partial charge in [-0.1, -0.05) is 11.3 Å². The molecule has 2 N–H and O–H groups in total.